The van der Waals surface area contributed by atoms with Crippen LogP contribution in [0.3, 0.4) is 0 Å². The number of benzene rings is 1. The van der Waals surface area contributed by atoms with Gasteiger partial charge in [0, 0.05) is 12.6 Å². The molecule has 0 aliphatic heterocycles. The normalized spacial score (nSPS) is 12.5. The third-order valence-electron chi connectivity index (χ3n) is 2.77. The van der Waals surface area contributed by atoms with Gasteiger partial charge in [-0.25, -0.2) is 4.68 Å². The lowest BCUT2D eigenvalue weighted by Crippen LogP contribution is -2.08. The average molecular weight is 312 g/mol. The van der Waals surface area contributed by atoms with E-state index in [1.807, 2.05) is 25.1 Å². The van der Waals surface area contributed by atoms with Gasteiger partial charge in [0.25, 0.3) is 0 Å². The van der Waals surface area contributed by atoms with Crippen LogP contribution in [0.1, 0.15) is 22.9 Å². The van der Waals surface area contributed by atoms with Crippen molar-refractivity contribution in [2.45, 2.75) is 13.0 Å². The molecule has 0 radical (unpaired) electrons. The Kier molecular flexibility index (Phi) is 3.68. The standard InChI is InChI=1S/C12H14BrN3O2/c1-7-4-5-8(9(6-7)18-3)11(17)10-12(13)14-15-16(10)2/h4-6,11,17H,1-3H3. The monoisotopic (exact) mass is 311 g/mol. The molecule has 6 heteroatoms. The van der Waals surface area contributed by atoms with Gasteiger partial charge in [-0.05, 0) is 34.5 Å². The maximum atomic E-state index is 10.4. The molecule has 1 unspecified atom stereocenters. The second kappa shape index (κ2) is 5.07. The number of ether oxygens (including phenoxy) is 1. The van der Waals surface area contributed by atoms with Crippen molar-refractivity contribution in [2.24, 2.45) is 7.05 Å². The van der Waals surface area contributed by atoms with Crippen LogP contribution >= 0.6 is 15.9 Å². The Morgan fingerprint density at radius 3 is 2.72 bits per heavy atom. The molecule has 0 spiro atoms. The van der Waals surface area contributed by atoms with E-state index in [0.717, 1.165) is 5.56 Å². The molecule has 2 aromatic rings. The smallest absolute Gasteiger partial charge is 0.154 e. The number of aromatic nitrogens is 3. The number of rotatable bonds is 3. The highest BCUT2D eigenvalue weighted by molar-refractivity contribution is 9.10. The molecular formula is C12H14BrN3O2. The van der Waals surface area contributed by atoms with Gasteiger partial charge in [0.15, 0.2) is 4.60 Å². The molecule has 1 aromatic carbocycles. The summed E-state index contributed by atoms with van der Waals surface area (Å²) in [6.07, 6.45) is -0.838. The van der Waals surface area contributed by atoms with Crippen molar-refractivity contribution in [2.75, 3.05) is 7.11 Å². The fourth-order valence-electron chi connectivity index (χ4n) is 1.82. The maximum Gasteiger partial charge on any atom is 0.154 e. The maximum absolute atomic E-state index is 10.4. The van der Waals surface area contributed by atoms with E-state index in [-0.39, 0.29) is 0 Å². The fourth-order valence-corrected chi connectivity index (χ4v) is 2.36. The molecule has 0 amide bonds. The minimum Gasteiger partial charge on any atom is -0.496 e. The summed E-state index contributed by atoms with van der Waals surface area (Å²) >= 11 is 3.28. The summed E-state index contributed by atoms with van der Waals surface area (Å²) in [4.78, 5) is 0. The predicted molar refractivity (Wildman–Crippen MR) is 70.5 cm³/mol. The van der Waals surface area contributed by atoms with Crippen LogP contribution in [-0.4, -0.2) is 27.2 Å². The summed E-state index contributed by atoms with van der Waals surface area (Å²) in [6, 6.07) is 5.66. The molecule has 1 atom stereocenters. The Balaban J connectivity index is 2.49. The van der Waals surface area contributed by atoms with Crippen molar-refractivity contribution >= 4 is 15.9 Å². The molecule has 0 aliphatic carbocycles. The van der Waals surface area contributed by atoms with E-state index in [9.17, 15) is 5.11 Å². The third kappa shape index (κ3) is 2.26. The molecule has 1 heterocycles. The Morgan fingerprint density at radius 1 is 1.44 bits per heavy atom. The zero-order valence-electron chi connectivity index (χ0n) is 10.4. The molecule has 18 heavy (non-hydrogen) atoms. The summed E-state index contributed by atoms with van der Waals surface area (Å²) in [5.41, 5.74) is 2.36. The first-order chi connectivity index (χ1) is 8.54. The summed E-state index contributed by atoms with van der Waals surface area (Å²) in [5.74, 6) is 0.649. The molecule has 0 saturated carbocycles. The number of hydrogen-bond acceptors (Lipinski definition) is 4. The average Bonchev–Trinajstić information content (AvgIpc) is 2.68. The van der Waals surface area contributed by atoms with Crippen LogP contribution in [0.5, 0.6) is 5.75 Å². The summed E-state index contributed by atoms with van der Waals surface area (Å²) in [7, 11) is 3.32. The van der Waals surface area contributed by atoms with Gasteiger partial charge in [-0.3, -0.25) is 0 Å². The highest BCUT2D eigenvalue weighted by Crippen LogP contribution is 2.32. The van der Waals surface area contributed by atoms with Gasteiger partial charge in [-0.15, -0.1) is 5.10 Å². The minimum absolute atomic E-state index is 0.528. The SMILES string of the molecule is COc1cc(C)ccc1C(O)c1c(Br)nnn1C. The first-order valence-corrected chi connectivity index (χ1v) is 6.21. The van der Waals surface area contributed by atoms with Gasteiger partial charge < -0.3 is 9.84 Å². The van der Waals surface area contributed by atoms with Crippen LogP contribution < -0.4 is 4.74 Å². The number of hydrogen-bond donors (Lipinski definition) is 1. The molecule has 0 aliphatic rings. The molecule has 2 rings (SSSR count). The zero-order chi connectivity index (χ0) is 13.3. The van der Waals surface area contributed by atoms with Crippen LogP contribution in [0.15, 0.2) is 22.8 Å². The van der Waals surface area contributed by atoms with E-state index >= 15 is 0 Å². The molecule has 5 nitrogen and oxygen atoms in total. The lowest BCUT2D eigenvalue weighted by Gasteiger charge is -2.15. The number of methoxy groups -OCH3 is 1. The second-order valence-electron chi connectivity index (χ2n) is 4.04. The highest BCUT2D eigenvalue weighted by Gasteiger charge is 2.22. The topological polar surface area (TPSA) is 60.2 Å². The fraction of sp³-hybridized carbons (Fsp3) is 0.333. The number of nitrogens with zero attached hydrogens (tertiary/aromatic N) is 3. The Labute approximate surface area is 114 Å². The van der Waals surface area contributed by atoms with Crippen molar-refractivity contribution in [3.63, 3.8) is 0 Å². The number of aliphatic hydroxyl groups excluding tert-OH is 1. The molecule has 96 valence electrons. The van der Waals surface area contributed by atoms with Gasteiger partial charge >= 0.3 is 0 Å². The Hall–Kier alpha value is -1.40. The minimum atomic E-state index is -0.838. The van der Waals surface area contributed by atoms with E-state index < -0.39 is 6.10 Å². The van der Waals surface area contributed by atoms with Crippen LogP contribution in [0.25, 0.3) is 0 Å². The van der Waals surface area contributed by atoms with Gasteiger partial charge in [-0.2, -0.15) is 0 Å². The van der Waals surface area contributed by atoms with Crippen molar-refractivity contribution < 1.29 is 9.84 Å². The van der Waals surface area contributed by atoms with Gasteiger partial charge in [-0.1, -0.05) is 17.3 Å². The van der Waals surface area contributed by atoms with Gasteiger partial charge in [0.2, 0.25) is 0 Å². The lowest BCUT2D eigenvalue weighted by atomic mass is 10.0. The molecular weight excluding hydrogens is 298 g/mol. The quantitative estimate of drug-likeness (QED) is 0.941. The first-order valence-electron chi connectivity index (χ1n) is 5.42. The number of aryl methyl sites for hydroxylation is 2. The van der Waals surface area contributed by atoms with Crippen LogP contribution in [0.4, 0.5) is 0 Å². The van der Waals surface area contributed by atoms with Gasteiger partial charge in [0.1, 0.15) is 17.5 Å². The van der Waals surface area contributed by atoms with E-state index in [4.69, 9.17) is 4.74 Å². The summed E-state index contributed by atoms with van der Waals surface area (Å²) in [5, 5.41) is 18.2. The largest absolute Gasteiger partial charge is 0.496 e. The van der Waals surface area contributed by atoms with E-state index in [1.54, 1.807) is 14.2 Å². The van der Waals surface area contributed by atoms with Gasteiger partial charge in [0.05, 0.1) is 7.11 Å². The van der Waals surface area contributed by atoms with Crippen LogP contribution in [-0.2, 0) is 7.05 Å². The summed E-state index contributed by atoms with van der Waals surface area (Å²) < 4.78 is 7.36. The van der Waals surface area contributed by atoms with E-state index in [1.165, 1.54) is 4.68 Å². The van der Waals surface area contributed by atoms with E-state index in [2.05, 4.69) is 26.2 Å². The molecule has 0 fully saturated rings. The van der Waals surface area contributed by atoms with E-state index in [0.29, 0.717) is 21.6 Å². The third-order valence-corrected chi connectivity index (χ3v) is 3.33. The van der Waals surface area contributed by atoms with Crippen molar-refractivity contribution in [3.05, 3.63) is 39.6 Å². The Bertz CT molecular complexity index is 549. The molecule has 0 saturated heterocycles. The van der Waals surface area contributed by atoms with Crippen LogP contribution in [0, 0.1) is 6.92 Å². The molecule has 1 aromatic heterocycles. The summed E-state index contributed by atoms with van der Waals surface area (Å²) in [6.45, 7) is 1.97. The first kappa shape index (κ1) is 13.0. The molecule has 0 bridgehead atoms. The van der Waals surface area contributed by atoms with Crippen molar-refractivity contribution in [3.8, 4) is 5.75 Å². The highest BCUT2D eigenvalue weighted by atomic mass is 79.9. The predicted octanol–water partition coefficient (Wildman–Crippen LogP) is 1.98. The van der Waals surface area contributed by atoms with Crippen LogP contribution in [0.2, 0.25) is 0 Å². The van der Waals surface area contributed by atoms with Crippen molar-refractivity contribution in [1.29, 1.82) is 0 Å². The second-order valence-corrected chi connectivity index (χ2v) is 4.79. The van der Waals surface area contributed by atoms with Crippen molar-refractivity contribution in [1.82, 2.24) is 15.0 Å². The number of halogens is 1. The number of aliphatic hydroxyl groups is 1. The molecule has 1 N–H and O–H groups in total. The lowest BCUT2D eigenvalue weighted by molar-refractivity contribution is 0.204. The Morgan fingerprint density at radius 2 is 2.17 bits per heavy atom. The zero-order valence-corrected chi connectivity index (χ0v) is 12.0.